The highest BCUT2D eigenvalue weighted by Gasteiger charge is 2.16. The van der Waals surface area contributed by atoms with E-state index in [9.17, 15) is 9.18 Å². The van der Waals surface area contributed by atoms with Crippen molar-refractivity contribution in [3.63, 3.8) is 0 Å². The minimum atomic E-state index is -0.477. The Morgan fingerprint density at radius 2 is 2.00 bits per heavy atom. The predicted octanol–water partition coefficient (Wildman–Crippen LogP) is 4.20. The Morgan fingerprint density at radius 3 is 2.76 bits per heavy atom. The van der Waals surface area contributed by atoms with E-state index in [1.807, 2.05) is 6.92 Å². The number of carbonyl (C=O) groups excluding carboxylic acids is 1. The third kappa shape index (κ3) is 2.52. The SMILES string of the molecule is CCOc1cccc(C(=O)c2cc3cccc(F)c3o2)c1. The van der Waals surface area contributed by atoms with Crippen LogP contribution in [0, 0.1) is 5.82 Å². The average Bonchev–Trinajstić information content (AvgIpc) is 2.93. The Balaban J connectivity index is 2.00. The number of ether oxygens (including phenoxy) is 1. The highest BCUT2D eigenvalue weighted by atomic mass is 19.1. The van der Waals surface area contributed by atoms with E-state index in [1.165, 1.54) is 6.07 Å². The zero-order valence-corrected chi connectivity index (χ0v) is 11.4. The van der Waals surface area contributed by atoms with Gasteiger partial charge in [0.25, 0.3) is 0 Å². The summed E-state index contributed by atoms with van der Waals surface area (Å²) >= 11 is 0. The maximum atomic E-state index is 13.6. The molecule has 0 spiro atoms. The highest BCUT2D eigenvalue weighted by Crippen LogP contribution is 2.24. The van der Waals surface area contributed by atoms with Crippen LogP contribution in [0.25, 0.3) is 11.0 Å². The van der Waals surface area contributed by atoms with Crippen molar-refractivity contribution in [3.8, 4) is 5.75 Å². The van der Waals surface area contributed by atoms with E-state index in [0.717, 1.165) is 0 Å². The number of hydrogen-bond donors (Lipinski definition) is 0. The summed E-state index contributed by atoms with van der Waals surface area (Å²) in [5.74, 6) is -0.0452. The fourth-order valence-electron chi connectivity index (χ4n) is 2.18. The number of carbonyl (C=O) groups is 1. The monoisotopic (exact) mass is 284 g/mol. The van der Waals surface area contributed by atoms with Crippen LogP contribution in [0.3, 0.4) is 0 Å². The summed E-state index contributed by atoms with van der Waals surface area (Å²) in [4.78, 5) is 12.4. The summed E-state index contributed by atoms with van der Waals surface area (Å²) in [6.45, 7) is 2.39. The first-order valence-electron chi connectivity index (χ1n) is 6.64. The number of furan rings is 1. The molecule has 0 aliphatic carbocycles. The predicted molar refractivity (Wildman–Crippen MR) is 77.2 cm³/mol. The zero-order chi connectivity index (χ0) is 14.8. The van der Waals surface area contributed by atoms with Crippen LogP contribution in [0.15, 0.2) is 52.9 Å². The Bertz CT molecular complexity index is 805. The summed E-state index contributed by atoms with van der Waals surface area (Å²) in [6.07, 6.45) is 0. The smallest absolute Gasteiger partial charge is 0.228 e. The minimum absolute atomic E-state index is 0.0989. The topological polar surface area (TPSA) is 39.4 Å². The molecule has 0 amide bonds. The Labute approximate surface area is 120 Å². The van der Waals surface area contributed by atoms with Crippen molar-refractivity contribution < 1.29 is 18.3 Å². The van der Waals surface area contributed by atoms with Gasteiger partial charge in [-0.2, -0.15) is 0 Å². The first kappa shape index (κ1) is 13.4. The second-order valence-electron chi connectivity index (χ2n) is 4.56. The minimum Gasteiger partial charge on any atom is -0.494 e. The number of rotatable bonds is 4. The Morgan fingerprint density at radius 1 is 1.19 bits per heavy atom. The van der Waals surface area contributed by atoms with E-state index in [4.69, 9.17) is 9.15 Å². The maximum absolute atomic E-state index is 13.6. The van der Waals surface area contributed by atoms with Gasteiger partial charge in [-0.05, 0) is 31.2 Å². The van der Waals surface area contributed by atoms with Crippen LogP contribution in [0.1, 0.15) is 23.0 Å². The standard InChI is InChI=1S/C17H13FO3/c1-2-20-13-7-3-5-11(9-13)16(19)15-10-12-6-4-8-14(18)17(12)21-15/h3-10H,2H2,1H3. The lowest BCUT2D eigenvalue weighted by Crippen LogP contribution is -2.00. The van der Waals surface area contributed by atoms with Crippen molar-refractivity contribution in [2.75, 3.05) is 6.61 Å². The van der Waals surface area contributed by atoms with E-state index in [1.54, 1.807) is 42.5 Å². The summed E-state index contributed by atoms with van der Waals surface area (Å²) in [6, 6.07) is 13.0. The van der Waals surface area contributed by atoms with Crippen molar-refractivity contribution in [1.82, 2.24) is 0 Å². The molecule has 0 bridgehead atoms. The van der Waals surface area contributed by atoms with Crippen LogP contribution in [0.5, 0.6) is 5.75 Å². The molecule has 0 radical (unpaired) electrons. The number of halogens is 1. The molecule has 1 heterocycles. The fraction of sp³-hybridized carbons (Fsp3) is 0.118. The quantitative estimate of drug-likeness (QED) is 0.674. The third-order valence-electron chi connectivity index (χ3n) is 3.13. The maximum Gasteiger partial charge on any atom is 0.228 e. The van der Waals surface area contributed by atoms with Crippen LogP contribution in [-0.4, -0.2) is 12.4 Å². The van der Waals surface area contributed by atoms with Gasteiger partial charge >= 0.3 is 0 Å². The summed E-state index contributed by atoms with van der Waals surface area (Å²) in [7, 11) is 0. The highest BCUT2D eigenvalue weighted by molar-refractivity contribution is 6.09. The van der Waals surface area contributed by atoms with E-state index in [2.05, 4.69) is 0 Å². The zero-order valence-electron chi connectivity index (χ0n) is 11.4. The molecule has 4 heteroatoms. The molecule has 0 N–H and O–H groups in total. The lowest BCUT2D eigenvalue weighted by molar-refractivity contribution is 0.101. The molecular weight excluding hydrogens is 271 g/mol. The molecule has 2 aromatic carbocycles. The number of ketones is 1. The summed E-state index contributed by atoms with van der Waals surface area (Å²) < 4.78 is 24.3. The normalized spacial score (nSPS) is 10.8. The number of fused-ring (bicyclic) bond motifs is 1. The van der Waals surface area contributed by atoms with Crippen LogP contribution in [0.2, 0.25) is 0 Å². The molecule has 1 aromatic heterocycles. The molecule has 3 nitrogen and oxygen atoms in total. The molecule has 0 saturated heterocycles. The van der Waals surface area contributed by atoms with Crippen molar-refractivity contribution in [3.05, 3.63) is 65.7 Å². The number of para-hydroxylation sites is 1. The van der Waals surface area contributed by atoms with E-state index in [0.29, 0.717) is 23.3 Å². The first-order chi connectivity index (χ1) is 10.2. The Hall–Kier alpha value is -2.62. The Kier molecular flexibility index (Phi) is 3.44. The van der Waals surface area contributed by atoms with Crippen LogP contribution < -0.4 is 4.74 Å². The van der Waals surface area contributed by atoms with Crippen molar-refractivity contribution in [2.45, 2.75) is 6.92 Å². The van der Waals surface area contributed by atoms with Crippen LogP contribution in [0.4, 0.5) is 4.39 Å². The average molecular weight is 284 g/mol. The van der Waals surface area contributed by atoms with Crippen molar-refractivity contribution >= 4 is 16.8 Å². The van der Waals surface area contributed by atoms with Gasteiger partial charge in [0.05, 0.1) is 6.61 Å². The summed E-state index contributed by atoms with van der Waals surface area (Å²) in [5.41, 5.74) is 0.544. The van der Waals surface area contributed by atoms with Gasteiger partial charge in [0.1, 0.15) is 5.75 Å². The first-order valence-corrected chi connectivity index (χ1v) is 6.64. The van der Waals surface area contributed by atoms with E-state index >= 15 is 0 Å². The van der Waals surface area contributed by atoms with Crippen LogP contribution in [-0.2, 0) is 0 Å². The van der Waals surface area contributed by atoms with Crippen molar-refractivity contribution in [1.29, 1.82) is 0 Å². The number of benzene rings is 2. The van der Waals surface area contributed by atoms with Crippen molar-refractivity contribution in [2.24, 2.45) is 0 Å². The molecule has 0 fully saturated rings. The molecule has 0 aliphatic heterocycles. The van der Waals surface area contributed by atoms with Gasteiger partial charge in [-0.25, -0.2) is 4.39 Å². The molecule has 0 atom stereocenters. The lowest BCUT2D eigenvalue weighted by atomic mass is 10.1. The molecule has 0 saturated carbocycles. The van der Waals surface area contributed by atoms with E-state index < -0.39 is 5.82 Å². The molecule has 0 unspecified atom stereocenters. The molecule has 3 aromatic rings. The summed E-state index contributed by atoms with van der Waals surface area (Å²) in [5, 5.41) is 0.569. The van der Waals surface area contributed by atoms with E-state index in [-0.39, 0.29) is 17.1 Å². The molecule has 0 aliphatic rings. The number of hydrogen-bond acceptors (Lipinski definition) is 3. The van der Waals surface area contributed by atoms with Gasteiger partial charge in [-0.15, -0.1) is 0 Å². The molecule has 3 rings (SSSR count). The lowest BCUT2D eigenvalue weighted by Gasteiger charge is -2.04. The van der Waals surface area contributed by atoms with Crippen LogP contribution >= 0.6 is 0 Å². The third-order valence-corrected chi connectivity index (χ3v) is 3.13. The van der Waals surface area contributed by atoms with Gasteiger partial charge in [0, 0.05) is 10.9 Å². The molecule has 106 valence electrons. The largest absolute Gasteiger partial charge is 0.494 e. The van der Waals surface area contributed by atoms with Gasteiger partial charge < -0.3 is 9.15 Å². The molecule has 21 heavy (non-hydrogen) atoms. The fourth-order valence-corrected chi connectivity index (χ4v) is 2.18. The second kappa shape index (κ2) is 5.40. The van der Waals surface area contributed by atoms with Gasteiger partial charge in [-0.1, -0.05) is 24.3 Å². The van der Waals surface area contributed by atoms with Gasteiger partial charge in [0.2, 0.25) is 5.78 Å². The molecular formula is C17H13FO3. The van der Waals surface area contributed by atoms with Gasteiger partial charge in [-0.3, -0.25) is 4.79 Å². The second-order valence-corrected chi connectivity index (χ2v) is 4.56. The van der Waals surface area contributed by atoms with Gasteiger partial charge in [0.15, 0.2) is 17.2 Å².